The average molecular weight is 221 g/mol. The van der Waals surface area contributed by atoms with Gasteiger partial charge in [0.05, 0.1) is 26.4 Å². The highest BCUT2D eigenvalue weighted by Crippen LogP contribution is 1.98. The summed E-state index contributed by atoms with van der Waals surface area (Å²) in [7, 11) is 0. The summed E-state index contributed by atoms with van der Waals surface area (Å²) in [6, 6.07) is -1.13. The first-order valence-corrected chi connectivity index (χ1v) is 5.01. The van der Waals surface area contributed by atoms with E-state index in [1.807, 2.05) is 13.8 Å². The van der Waals surface area contributed by atoms with Crippen molar-refractivity contribution >= 4 is 0 Å². The fraction of sp³-hybridized carbons (Fsp3) is 1.00. The van der Waals surface area contributed by atoms with Crippen molar-refractivity contribution in [3.63, 3.8) is 0 Å². The summed E-state index contributed by atoms with van der Waals surface area (Å²) in [6.07, 6.45) is -0.718. The molecule has 0 saturated carbocycles. The van der Waals surface area contributed by atoms with E-state index < -0.39 is 17.7 Å². The number of nitrogens with two attached hydrogens (primary N) is 2. The zero-order valence-electron chi connectivity index (χ0n) is 10.8. The SMILES string of the molecule is [2H]C(C)(N)COCC(O)COCC(C)(C)N. The van der Waals surface area contributed by atoms with Crippen LogP contribution in [0.3, 0.4) is 0 Å². The minimum absolute atomic E-state index is 0.0758. The average Bonchev–Trinajstić information content (AvgIpc) is 1.98. The van der Waals surface area contributed by atoms with Gasteiger partial charge in [0.2, 0.25) is 0 Å². The van der Waals surface area contributed by atoms with Crippen molar-refractivity contribution < 1.29 is 16.0 Å². The van der Waals surface area contributed by atoms with E-state index in [4.69, 9.17) is 22.3 Å². The van der Waals surface area contributed by atoms with E-state index in [2.05, 4.69) is 0 Å². The predicted octanol–water partition coefficient (Wildman–Crippen LogP) is -0.535. The highest BCUT2D eigenvalue weighted by atomic mass is 16.5. The number of aliphatic hydroxyl groups excluding tert-OH is 1. The lowest BCUT2D eigenvalue weighted by Crippen LogP contribution is -2.38. The van der Waals surface area contributed by atoms with Crippen LogP contribution in [-0.4, -0.2) is 49.2 Å². The Labute approximate surface area is 93.1 Å². The van der Waals surface area contributed by atoms with Crippen LogP contribution in [-0.2, 0) is 9.47 Å². The Morgan fingerprint density at radius 2 is 1.87 bits per heavy atom. The first kappa shape index (κ1) is 12.9. The molecule has 2 unspecified atom stereocenters. The van der Waals surface area contributed by atoms with Crippen molar-refractivity contribution in [1.29, 1.82) is 0 Å². The number of hydrogen-bond donors (Lipinski definition) is 3. The van der Waals surface area contributed by atoms with Crippen LogP contribution in [0.1, 0.15) is 22.1 Å². The largest absolute Gasteiger partial charge is 0.388 e. The van der Waals surface area contributed by atoms with Gasteiger partial charge in [-0.2, -0.15) is 0 Å². The van der Waals surface area contributed by atoms with Gasteiger partial charge in [0.1, 0.15) is 6.10 Å². The summed E-state index contributed by atoms with van der Waals surface area (Å²) in [5.41, 5.74) is 10.7. The maximum atomic E-state index is 9.45. The summed E-state index contributed by atoms with van der Waals surface area (Å²) in [6.45, 7) is 5.94. The second kappa shape index (κ2) is 7.14. The van der Waals surface area contributed by atoms with Crippen molar-refractivity contribution in [2.24, 2.45) is 11.5 Å². The Balaban J connectivity index is 3.49. The molecule has 5 nitrogen and oxygen atoms in total. The zero-order valence-corrected chi connectivity index (χ0v) is 9.82. The molecule has 5 heteroatoms. The molecule has 0 saturated heterocycles. The van der Waals surface area contributed by atoms with Crippen molar-refractivity contribution in [2.75, 3.05) is 26.4 Å². The van der Waals surface area contributed by atoms with Crippen LogP contribution < -0.4 is 11.5 Å². The molecule has 0 heterocycles. The molecule has 0 amide bonds. The number of rotatable bonds is 8. The van der Waals surface area contributed by atoms with Gasteiger partial charge in [-0.3, -0.25) is 0 Å². The van der Waals surface area contributed by atoms with Gasteiger partial charge < -0.3 is 26.0 Å². The topological polar surface area (TPSA) is 90.7 Å². The van der Waals surface area contributed by atoms with E-state index >= 15 is 0 Å². The molecule has 92 valence electrons. The van der Waals surface area contributed by atoms with Gasteiger partial charge in [0.15, 0.2) is 0 Å². The monoisotopic (exact) mass is 221 g/mol. The highest BCUT2D eigenvalue weighted by Gasteiger charge is 2.12. The minimum atomic E-state index is -1.13. The molecule has 0 bridgehead atoms. The van der Waals surface area contributed by atoms with E-state index in [1.54, 1.807) is 0 Å². The quantitative estimate of drug-likeness (QED) is 0.512. The van der Waals surface area contributed by atoms with Crippen LogP contribution in [0, 0.1) is 0 Å². The Hall–Kier alpha value is -0.200. The molecule has 0 aromatic rings. The number of hydrogen-bond acceptors (Lipinski definition) is 5. The third-order valence-corrected chi connectivity index (χ3v) is 1.42. The van der Waals surface area contributed by atoms with E-state index in [0.717, 1.165) is 0 Å². The Morgan fingerprint density at radius 3 is 2.33 bits per heavy atom. The third-order valence-electron chi connectivity index (χ3n) is 1.42. The van der Waals surface area contributed by atoms with Crippen LogP contribution >= 0.6 is 0 Å². The van der Waals surface area contributed by atoms with E-state index in [0.29, 0.717) is 6.61 Å². The van der Waals surface area contributed by atoms with Gasteiger partial charge >= 0.3 is 0 Å². The van der Waals surface area contributed by atoms with Crippen molar-refractivity contribution in [3.8, 4) is 0 Å². The molecule has 2 atom stereocenters. The Morgan fingerprint density at radius 1 is 1.33 bits per heavy atom. The molecule has 5 N–H and O–H groups in total. The smallest absolute Gasteiger partial charge is 0.101 e. The van der Waals surface area contributed by atoms with E-state index in [-0.39, 0.29) is 19.8 Å². The van der Waals surface area contributed by atoms with Gasteiger partial charge in [-0.25, -0.2) is 0 Å². The molecule has 0 radical (unpaired) electrons. The van der Waals surface area contributed by atoms with Gasteiger partial charge in [-0.05, 0) is 20.8 Å². The molecule has 0 rings (SSSR count). The lowest BCUT2D eigenvalue weighted by atomic mass is 10.1. The Bertz CT molecular complexity index is 169. The van der Waals surface area contributed by atoms with Crippen LogP contribution in [0.2, 0.25) is 0 Å². The normalized spacial score (nSPS) is 19.5. The van der Waals surface area contributed by atoms with Crippen molar-refractivity contribution in [2.45, 2.75) is 38.4 Å². The molecule has 0 fully saturated rings. The molecule has 0 spiro atoms. The summed E-state index contributed by atoms with van der Waals surface area (Å²) >= 11 is 0. The molecular weight excluding hydrogens is 196 g/mol. The second-order valence-corrected chi connectivity index (χ2v) is 4.52. The summed E-state index contributed by atoms with van der Waals surface area (Å²) in [5.74, 6) is 0. The van der Waals surface area contributed by atoms with Crippen LogP contribution in [0.25, 0.3) is 0 Å². The highest BCUT2D eigenvalue weighted by molar-refractivity contribution is 4.70. The van der Waals surface area contributed by atoms with Gasteiger partial charge in [0.25, 0.3) is 0 Å². The number of ether oxygens (including phenoxy) is 2. The first-order chi connectivity index (χ1) is 7.10. The summed E-state index contributed by atoms with van der Waals surface area (Å²) < 4.78 is 17.6. The second-order valence-electron chi connectivity index (χ2n) is 4.52. The molecule has 0 aromatic carbocycles. The van der Waals surface area contributed by atoms with Gasteiger partial charge in [-0.1, -0.05) is 0 Å². The van der Waals surface area contributed by atoms with Crippen LogP contribution in [0.5, 0.6) is 0 Å². The van der Waals surface area contributed by atoms with Crippen LogP contribution in [0.4, 0.5) is 0 Å². The molecule has 0 aliphatic carbocycles. The molecule has 0 aromatic heterocycles. The summed E-state index contributed by atoms with van der Waals surface area (Å²) in [5, 5.41) is 9.45. The number of aliphatic hydroxyl groups is 1. The third kappa shape index (κ3) is 11.7. The fourth-order valence-electron chi connectivity index (χ4n) is 0.862. The molecule has 15 heavy (non-hydrogen) atoms. The van der Waals surface area contributed by atoms with Gasteiger partial charge in [-0.15, -0.1) is 0 Å². The molecule has 0 aliphatic heterocycles. The maximum absolute atomic E-state index is 9.45. The zero-order chi connectivity index (χ0) is 12.8. The lowest BCUT2D eigenvalue weighted by molar-refractivity contribution is -0.0279. The van der Waals surface area contributed by atoms with Gasteiger partial charge in [0, 0.05) is 12.9 Å². The molecule has 0 aliphatic rings. The fourth-order valence-corrected chi connectivity index (χ4v) is 0.862. The Kier molecular flexibility index (Phi) is 6.12. The molecular formula is C10H24N2O3. The van der Waals surface area contributed by atoms with Crippen molar-refractivity contribution in [1.82, 2.24) is 0 Å². The minimum Gasteiger partial charge on any atom is -0.388 e. The van der Waals surface area contributed by atoms with E-state index in [1.165, 1.54) is 6.92 Å². The maximum Gasteiger partial charge on any atom is 0.101 e. The summed E-state index contributed by atoms with van der Waals surface area (Å²) in [4.78, 5) is 0. The lowest BCUT2D eigenvalue weighted by Gasteiger charge is -2.20. The predicted molar refractivity (Wildman–Crippen MR) is 59.6 cm³/mol. The van der Waals surface area contributed by atoms with Crippen molar-refractivity contribution in [3.05, 3.63) is 0 Å². The van der Waals surface area contributed by atoms with E-state index in [9.17, 15) is 5.11 Å². The first-order valence-electron chi connectivity index (χ1n) is 5.51. The standard InChI is InChI=1S/C10H24N2O3/c1-8(11)4-14-5-9(13)6-15-7-10(2,3)12/h8-9,13H,4-7,11-12H2,1-3H3/i8D. The van der Waals surface area contributed by atoms with Crippen LogP contribution in [0.15, 0.2) is 0 Å².